The van der Waals surface area contributed by atoms with E-state index in [0.717, 1.165) is 28.0 Å². The van der Waals surface area contributed by atoms with Crippen LogP contribution in [0.5, 0.6) is 0 Å². The fraction of sp³-hybridized carbons (Fsp3) is 0.333. The molecular weight excluding hydrogens is 280 g/mol. The van der Waals surface area contributed by atoms with Gasteiger partial charge in [0.15, 0.2) is 0 Å². The smallest absolute Gasteiger partial charge is 0.0999 e. The minimum atomic E-state index is 0.427. The van der Waals surface area contributed by atoms with Crippen molar-refractivity contribution >= 4 is 15.9 Å². The molecule has 0 aliphatic rings. The fourth-order valence-electron chi connectivity index (χ4n) is 1.77. The van der Waals surface area contributed by atoms with Crippen LogP contribution in [0.1, 0.15) is 23.9 Å². The quantitative estimate of drug-likeness (QED) is 0.945. The lowest BCUT2D eigenvalue weighted by molar-refractivity contribution is 0.766. The maximum Gasteiger partial charge on any atom is 0.0999 e. The summed E-state index contributed by atoms with van der Waals surface area (Å²) in [5, 5.41) is 8.27. The Hall–Kier alpha value is -1.20. The molecule has 2 rings (SSSR count). The van der Waals surface area contributed by atoms with Gasteiger partial charge in [0.05, 0.1) is 17.1 Å². The van der Waals surface area contributed by atoms with Gasteiger partial charge in [-0.05, 0) is 31.0 Å². The third-order valence-corrected chi connectivity index (χ3v) is 3.63. The summed E-state index contributed by atoms with van der Waals surface area (Å²) in [6, 6.07) is 6.14. The summed E-state index contributed by atoms with van der Waals surface area (Å²) in [6.07, 6.45) is 0.866. The van der Waals surface area contributed by atoms with Crippen molar-refractivity contribution in [1.82, 2.24) is 15.0 Å². The van der Waals surface area contributed by atoms with E-state index >= 15 is 0 Å². The van der Waals surface area contributed by atoms with Gasteiger partial charge in [-0.25, -0.2) is 4.68 Å². The second-order valence-corrected chi connectivity index (χ2v) is 4.74. The number of hydrogen-bond acceptors (Lipinski definition) is 3. The summed E-state index contributed by atoms with van der Waals surface area (Å²) in [5.41, 5.74) is 9.79. The van der Waals surface area contributed by atoms with E-state index in [9.17, 15) is 0 Å². The van der Waals surface area contributed by atoms with Crippen molar-refractivity contribution in [3.05, 3.63) is 39.6 Å². The zero-order valence-electron chi connectivity index (χ0n) is 9.94. The van der Waals surface area contributed by atoms with Crippen molar-refractivity contribution in [1.29, 1.82) is 0 Å². The van der Waals surface area contributed by atoms with Gasteiger partial charge in [-0.15, -0.1) is 5.10 Å². The van der Waals surface area contributed by atoms with Gasteiger partial charge >= 0.3 is 0 Å². The third-order valence-electron chi connectivity index (χ3n) is 2.77. The van der Waals surface area contributed by atoms with E-state index in [1.807, 2.05) is 16.8 Å². The van der Waals surface area contributed by atoms with Crippen LogP contribution in [-0.2, 0) is 13.0 Å². The lowest BCUT2D eigenvalue weighted by atomic mass is 10.2. The highest BCUT2D eigenvalue weighted by atomic mass is 79.9. The van der Waals surface area contributed by atoms with Crippen molar-refractivity contribution in [2.24, 2.45) is 5.73 Å². The SMILES string of the molecule is CCc1c(CN)nnn1-c1ccc(C)c(Br)c1. The molecule has 1 heterocycles. The highest BCUT2D eigenvalue weighted by Gasteiger charge is 2.11. The first-order valence-electron chi connectivity index (χ1n) is 5.57. The van der Waals surface area contributed by atoms with Crippen LogP contribution in [0.4, 0.5) is 0 Å². The molecule has 0 aliphatic heterocycles. The second kappa shape index (κ2) is 4.98. The molecule has 0 amide bonds. The molecule has 0 unspecified atom stereocenters. The van der Waals surface area contributed by atoms with Crippen molar-refractivity contribution in [3.63, 3.8) is 0 Å². The highest BCUT2D eigenvalue weighted by Crippen LogP contribution is 2.21. The van der Waals surface area contributed by atoms with E-state index in [2.05, 4.69) is 46.2 Å². The predicted molar refractivity (Wildman–Crippen MR) is 71.1 cm³/mol. The molecule has 1 aromatic heterocycles. The van der Waals surface area contributed by atoms with E-state index in [1.54, 1.807) is 0 Å². The Morgan fingerprint density at radius 1 is 1.41 bits per heavy atom. The molecule has 5 heteroatoms. The second-order valence-electron chi connectivity index (χ2n) is 3.89. The summed E-state index contributed by atoms with van der Waals surface area (Å²) >= 11 is 3.53. The number of benzene rings is 1. The van der Waals surface area contributed by atoms with Crippen LogP contribution < -0.4 is 5.73 Å². The highest BCUT2D eigenvalue weighted by molar-refractivity contribution is 9.10. The maximum absolute atomic E-state index is 5.65. The topological polar surface area (TPSA) is 56.7 Å². The van der Waals surface area contributed by atoms with E-state index in [4.69, 9.17) is 5.73 Å². The first kappa shape index (κ1) is 12.3. The molecular formula is C12H15BrN4. The molecule has 0 saturated carbocycles. The van der Waals surface area contributed by atoms with Gasteiger partial charge < -0.3 is 5.73 Å². The number of halogens is 1. The fourth-order valence-corrected chi connectivity index (χ4v) is 2.13. The molecule has 1 aromatic carbocycles. The van der Waals surface area contributed by atoms with Crippen molar-refractivity contribution in [2.45, 2.75) is 26.8 Å². The number of aryl methyl sites for hydroxylation is 1. The molecule has 0 radical (unpaired) electrons. The summed E-state index contributed by atoms with van der Waals surface area (Å²) in [6.45, 7) is 4.56. The summed E-state index contributed by atoms with van der Waals surface area (Å²) in [5.74, 6) is 0. The van der Waals surface area contributed by atoms with Crippen LogP contribution in [0.3, 0.4) is 0 Å². The largest absolute Gasteiger partial charge is 0.325 e. The molecule has 0 spiro atoms. The first-order valence-corrected chi connectivity index (χ1v) is 6.36. The van der Waals surface area contributed by atoms with Crippen LogP contribution in [0.25, 0.3) is 5.69 Å². The number of rotatable bonds is 3. The Morgan fingerprint density at radius 3 is 2.76 bits per heavy atom. The molecule has 0 atom stereocenters. The predicted octanol–water partition coefficient (Wildman–Crippen LogP) is 2.36. The molecule has 0 aliphatic carbocycles. The molecule has 90 valence electrons. The summed E-state index contributed by atoms with van der Waals surface area (Å²) in [7, 11) is 0. The molecule has 2 aromatic rings. The third kappa shape index (κ3) is 2.25. The lowest BCUT2D eigenvalue weighted by Crippen LogP contribution is -2.05. The van der Waals surface area contributed by atoms with Gasteiger partial charge in [0.1, 0.15) is 0 Å². The van der Waals surface area contributed by atoms with Crippen LogP contribution in [0.2, 0.25) is 0 Å². The average molecular weight is 295 g/mol. The maximum atomic E-state index is 5.65. The number of nitrogens with two attached hydrogens (primary N) is 1. The Balaban J connectivity index is 2.52. The van der Waals surface area contributed by atoms with Gasteiger partial charge in [-0.3, -0.25) is 0 Å². The summed E-state index contributed by atoms with van der Waals surface area (Å²) < 4.78 is 2.92. The van der Waals surface area contributed by atoms with Crippen LogP contribution in [0, 0.1) is 6.92 Å². The van der Waals surface area contributed by atoms with E-state index < -0.39 is 0 Å². The molecule has 4 nitrogen and oxygen atoms in total. The monoisotopic (exact) mass is 294 g/mol. The van der Waals surface area contributed by atoms with Gasteiger partial charge in [0.25, 0.3) is 0 Å². The minimum absolute atomic E-state index is 0.427. The van der Waals surface area contributed by atoms with Gasteiger partial charge in [-0.1, -0.05) is 34.1 Å². The molecule has 17 heavy (non-hydrogen) atoms. The lowest BCUT2D eigenvalue weighted by Gasteiger charge is -2.07. The first-order chi connectivity index (χ1) is 8.17. The van der Waals surface area contributed by atoms with Gasteiger partial charge in [0, 0.05) is 11.0 Å². The molecule has 0 fully saturated rings. The minimum Gasteiger partial charge on any atom is -0.325 e. The molecule has 2 N–H and O–H groups in total. The normalized spacial score (nSPS) is 10.8. The van der Waals surface area contributed by atoms with Crippen LogP contribution >= 0.6 is 15.9 Å². The Kier molecular flexibility index (Phi) is 3.59. The number of aromatic nitrogens is 3. The summed E-state index contributed by atoms with van der Waals surface area (Å²) in [4.78, 5) is 0. The molecule has 0 saturated heterocycles. The zero-order valence-corrected chi connectivity index (χ0v) is 11.5. The molecule has 0 bridgehead atoms. The van der Waals surface area contributed by atoms with Crippen molar-refractivity contribution in [3.8, 4) is 5.69 Å². The van der Waals surface area contributed by atoms with Gasteiger partial charge in [0.2, 0.25) is 0 Å². The Bertz CT molecular complexity index is 533. The van der Waals surface area contributed by atoms with E-state index in [-0.39, 0.29) is 0 Å². The van der Waals surface area contributed by atoms with E-state index in [0.29, 0.717) is 6.54 Å². The van der Waals surface area contributed by atoms with Crippen LogP contribution in [-0.4, -0.2) is 15.0 Å². The average Bonchev–Trinajstić information content (AvgIpc) is 2.75. The van der Waals surface area contributed by atoms with Crippen molar-refractivity contribution < 1.29 is 0 Å². The van der Waals surface area contributed by atoms with Gasteiger partial charge in [-0.2, -0.15) is 0 Å². The van der Waals surface area contributed by atoms with Crippen LogP contribution in [0.15, 0.2) is 22.7 Å². The van der Waals surface area contributed by atoms with E-state index in [1.165, 1.54) is 5.56 Å². The standard InChI is InChI=1S/C12H15BrN4/c1-3-12-11(7-14)15-16-17(12)9-5-4-8(2)10(13)6-9/h4-6H,3,7,14H2,1-2H3. The van der Waals surface area contributed by atoms with Crippen molar-refractivity contribution in [2.75, 3.05) is 0 Å². The zero-order chi connectivity index (χ0) is 12.4. The Labute approximate surface area is 109 Å². The number of hydrogen-bond donors (Lipinski definition) is 1. The number of nitrogens with zero attached hydrogens (tertiary/aromatic N) is 3. The Morgan fingerprint density at radius 2 is 2.18 bits per heavy atom.